The third kappa shape index (κ3) is 4.61. The van der Waals surface area contributed by atoms with E-state index in [1.165, 1.54) is 5.38 Å². The molecule has 32 heavy (non-hydrogen) atoms. The number of benzene rings is 2. The largest absolute Gasteiger partial charge is 0.465 e. The number of halogens is 5. The summed E-state index contributed by atoms with van der Waals surface area (Å²) in [6.07, 6.45) is -5.26. The lowest BCUT2D eigenvalue weighted by Crippen LogP contribution is -2.32. The number of nitrogens with zero attached hydrogens (tertiary/aromatic N) is 2. The molecule has 0 saturated carbocycles. The van der Waals surface area contributed by atoms with Gasteiger partial charge in [0.25, 0.3) is 0 Å². The molecule has 3 aromatic rings. The molecule has 1 heterocycles. The average Bonchev–Trinajstić information content (AvgIpc) is 3.18. The second-order valence-electron chi connectivity index (χ2n) is 6.31. The topological polar surface area (TPSA) is 109 Å². The van der Waals surface area contributed by atoms with E-state index in [1.54, 1.807) is 24.3 Å². The number of nitrogens with one attached hydrogen (secondary N) is 1. The number of hydrogen-bond donors (Lipinski definition) is 3. The van der Waals surface area contributed by atoms with Crippen LogP contribution in [0.15, 0.2) is 35.7 Å². The maximum atomic E-state index is 14.8. The summed E-state index contributed by atoms with van der Waals surface area (Å²) in [6, 6.07) is 6.42. The van der Waals surface area contributed by atoms with Gasteiger partial charge in [-0.15, -0.1) is 11.3 Å². The monoisotopic (exact) mass is 472 g/mol. The van der Waals surface area contributed by atoms with Gasteiger partial charge in [-0.05, 0) is 18.2 Å². The molecule has 0 bridgehead atoms. The molecule has 13 heteroatoms. The molecule has 0 aliphatic rings. The van der Waals surface area contributed by atoms with Crippen LogP contribution in [0.5, 0.6) is 0 Å². The Kier molecular flexibility index (Phi) is 6.58. The molecular formula is C19H13F5N4O3S. The minimum absolute atomic E-state index is 0.0145. The normalized spacial score (nSPS) is 11.8. The number of carboxylic acid groups (broad SMARTS) is 1. The van der Waals surface area contributed by atoms with Gasteiger partial charge >= 0.3 is 6.09 Å². The van der Waals surface area contributed by atoms with E-state index in [4.69, 9.17) is 5.73 Å². The number of hydrogen-bond acceptors (Lipinski definition) is 5. The molecule has 1 atom stereocenters. The van der Waals surface area contributed by atoms with Crippen LogP contribution < -0.4 is 16.0 Å². The third-order valence-electron chi connectivity index (χ3n) is 4.14. The van der Waals surface area contributed by atoms with Crippen molar-refractivity contribution < 1.29 is 36.6 Å². The molecule has 2 amide bonds. The van der Waals surface area contributed by atoms with E-state index >= 15 is 0 Å². The van der Waals surface area contributed by atoms with Gasteiger partial charge in [0.05, 0.1) is 23.5 Å². The van der Waals surface area contributed by atoms with Crippen LogP contribution in [0.2, 0.25) is 0 Å². The van der Waals surface area contributed by atoms with Crippen LogP contribution in [0.1, 0.15) is 17.6 Å². The minimum Gasteiger partial charge on any atom is -0.465 e. The summed E-state index contributed by atoms with van der Waals surface area (Å²) in [6.45, 7) is 0. The van der Waals surface area contributed by atoms with Gasteiger partial charge in [-0.3, -0.25) is 4.79 Å². The second-order valence-corrected chi connectivity index (χ2v) is 7.15. The Labute approximate surface area is 180 Å². The zero-order valence-electron chi connectivity index (χ0n) is 15.8. The van der Waals surface area contributed by atoms with Crippen LogP contribution in [0.4, 0.5) is 43.3 Å². The van der Waals surface area contributed by atoms with Crippen LogP contribution in [-0.4, -0.2) is 22.1 Å². The summed E-state index contributed by atoms with van der Waals surface area (Å²) in [5.74, 6) is -9.00. The number of anilines is 3. The molecule has 1 aromatic heterocycles. The molecule has 2 aromatic carbocycles. The number of thiazole rings is 1. The van der Waals surface area contributed by atoms with Gasteiger partial charge in [-0.2, -0.15) is 0 Å². The first kappa shape index (κ1) is 22.9. The number of nitrogen functional groups attached to an aromatic ring is 1. The fraction of sp³-hybridized carbons (Fsp3) is 0.105. The summed E-state index contributed by atoms with van der Waals surface area (Å²) < 4.78 is 68.7. The predicted molar refractivity (Wildman–Crippen MR) is 106 cm³/mol. The number of alkyl halides is 1. The molecule has 4 N–H and O–H groups in total. The average molecular weight is 472 g/mol. The molecule has 0 aliphatic carbocycles. The van der Waals surface area contributed by atoms with Gasteiger partial charge in [-0.1, -0.05) is 12.1 Å². The van der Waals surface area contributed by atoms with Crippen LogP contribution in [-0.2, 0) is 11.2 Å². The van der Waals surface area contributed by atoms with Crippen molar-refractivity contribution in [1.82, 2.24) is 4.98 Å². The van der Waals surface area contributed by atoms with Crippen molar-refractivity contribution >= 4 is 39.8 Å². The van der Waals surface area contributed by atoms with Crippen LogP contribution in [0, 0.1) is 23.3 Å². The van der Waals surface area contributed by atoms with Crippen molar-refractivity contribution in [2.45, 2.75) is 12.7 Å². The minimum atomic E-state index is -2.95. The highest BCUT2D eigenvalue weighted by Gasteiger charge is 2.34. The van der Waals surface area contributed by atoms with Gasteiger partial charge < -0.3 is 16.2 Å². The van der Waals surface area contributed by atoms with E-state index < -0.39 is 52.3 Å². The predicted octanol–water partition coefficient (Wildman–Crippen LogP) is 4.62. The maximum absolute atomic E-state index is 14.8. The van der Waals surface area contributed by atoms with Gasteiger partial charge in [0.1, 0.15) is 0 Å². The van der Waals surface area contributed by atoms with E-state index in [1.807, 2.05) is 0 Å². The number of aromatic nitrogens is 1. The van der Waals surface area contributed by atoms with Gasteiger partial charge in [0.15, 0.2) is 28.4 Å². The maximum Gasteiger partial charge on any atom is 0.416 e. The van der Waals surface area contributed by atoms with E-state index in [9.17, 15) is 36.6 Å². The number of carbonyl (C=O) groups excluding carboxylic acids is 1. The number of amides is 2. The Morgan fingerprint density at radius 1 is 1.16 bits per heavy atom. The molecule has 168 valence electrons. The fourth-order valence-electron chi connectivity index (χ4n) is 2.64. The molecule has 0 radical (unpaired) electrons. The first-order valence-corrected chi connectivity index (χ1v) is 9.56. The van der Waals surface area contributed by atoms with Crippen molar-refractivity contribution in [3.05, 3.63) is 70.2 Å². The lowest BCUT2D eigenvalue weighted by molar-refractivity contribution is -0.115. The molecule has 3 rings (SSSR count). The smallest absolute Gasteiger partial charge is 0.416 e. The summed E-state index contributed by atoms with van der Waals surface area (Å²) in [4.78, 5) is 27.4. The van der Waals surface area contributed by atoms with Crippen molar-refractivity contribution in [1.29, 1.82) is 0 Å². The van der Waals surface area contributed by atoms with Gasteiger partial charge in [0.2, 0.25) is 12.2 Å². The second kappa shape index (κ2) is 9.18. The molecule has 0 aliphatic heterocycles. The Balaban J connectivity index is 1.83. The number of rotatable bonds is 6. The Morgan fingerprint density at radius 2 is 1.84 bits per heavy atom. The van der Waals surface area contributed by atoms with Crippen molar-refractivity contribution in [2.75, 3.05) is 16.0 Å². The Morgan fingerprint density at radius 3 is 2.50 bits per heavy atom. The molecule has 1 unspecified atom stereocenters. The van der Waals surface area contributed by atoms with Gasteiger partial charge in [0, 0.05) is 10.9 Å². The summed E-state index contributed by atoms with van der Waals surface area (Å²) in [7, 11) is 0. The highest BCUT2D eigenvalue weighted by atomic mass is 32.1. The third-order valence-corrected chi connectivity index (χ3v) is 5.03. The lowest BCUT2D eigenvalue weighted by Gasteiger charge is -2.21. The SMILES string of the molecule is Nc1ccccc1NC(=O)Cc1csc(N(C(=O)O)C(F)c2cc(F)c(F)c(F)c2F)n1. The van der Waals surface area contributed by atoms with Crippen molar-refractivity contribution in [2.24, 2.45) is 0 Å². The quantitative estimate of drug-likeness (QED) is 0.160. The van der Waals surface area contributed by atoms with Crippen LogP contribution in [0.3, 0.4) is 0 Å². The Bertz CT molecular complexity index is 1190. The number of carbonyl (C=O) groups is 2. The highest BCUT2D eigenvalue weighted by Crippen LogP contribution is 2.34. The van der Waals surface area contributed by atoms with E-state index in [0.717, 1.165) is 0 Å². The number of para-hydroxylation sites is 2. The molecule has 0 fully saturated rings. The summed E-state index contributed by atoms with van der Waals surface area (Å²) in [5, 5.41) is 12.6. The molecule has 0 spiro atoms. The van der Waals surface area contributed by atoms with Crippen molar-refractivity contribution in [3.8, 4) is 0 Å². The molecule has 0 saturated heterocycles. The van der Waals surface area contributed by atoms with Crippen LogP contribution in [0.25, 0.3) is 0 Å². The summed E-state index contributed by atoms with van der Waals surface area (Å²) in [5.41, 5.74) is 5.02. The van der Waals surface area contributed by atoms with Gasteiger partial charge in [-0.25, -0.2) is 36.6 Å². The fourth-order valence-corrected chi connectivity index (χ4v) is 3.47. The standard InChI is InChI=1S/C19H13F5N4O3S/c20-10-6-9(14(21)16(23)15(10)22)17(24)28(19(30)31)18-26-8(7-32-18)5-13(29)27-12-4-2-1-3-11(12)25/h1-4,6-7,17H,5,25H2,(H,27,29)(H,30,31). The molecule has 7 nitrogen and oxygen atoms in total. The first-order valence-electron chi connectivity index (χ1n) is 8.68. The summed E-state index contributed by atoms with van der Waals surface area (Å²) >= 11 is 0.583. The lowest BCUT2D eigenvalue weighted by atomic mass is 10.1. The molecular weight excluding hydrogens is 459 g/mol. The van der Waals surface area contributed by atoms with Crippen LogP contribution >= 0.6 is 11.3 Å². The van der Waals surface area contributed by atoms with E-state index in [0.29, 0.717) is 22.7 Å². The number of nitrogens with two attached hydrogens (primary N) is 1. The van der Waals surface area contributed by atoms with Crippen molar-refractivity contribution in [3.63, 3.8) is 0 Å². The zero-order chi connectivity index (χ0) is 23.6. The van der Waals surface area contributed by atoms with E-state index in [-0.39, 0.29) is 23.1 Å². The zero-order valence-corrected chi connectivity index (χ0v) is 16.6. The van der Waals surface area contributed by atoms with E-state index in [2.05, 4.69) is 10.3 Å². The first-order chi connectivity index (χ1) is 15.1. The Hall–Kier alpha value is -3.74. The highest BCUT2D eigenvalue weighted by molar-refractivity contribution is 7.14.